The molecule has 6 nitrogen and oxygen atoms in total. The van der Waals surface area contributed by atoms with E-state index in [0.717, 1.165) is 53.9 Å². The second kappa shape index (κ2) is 15.9. The summed E-state index contributed by atoms with van der Waals surface area (Å²) < 4.78 is 27.6. The van der Waals surface area contributed by atoms with Crippen molar-refractivity contribution in [1.82, 2.24) is 0 Å². The number of methoxy groups -OCH3 is 2. The molecule has 2 unspecified atom stereocenters. The molecule has 7 heteroatoms. The smallest absolute Gasteiger partial charge is 0.497 e. The van der Waals surface area contributed by atoms with E-state index in [0.29, 0.717) is 11.8 Å². The van der Waals surface area contributed by atoms with Crippen molar-refractivity contribution in [2.24, 2.45) is 0 Å². The van der Waals surface area contributed by atoms with Crippen LogP contribution < -0.4 is 14.4 Å². The molecule has 0 saturated carbocycles. The number of ether oxygens (including phenoxy) is 2. The monoisotopic (exact) mass is 613 g/mol. The molecule has 0 amide bonds. The fraction of sp³-hybridized carbons (Fsp3) is 0.351. The first-order valence-electron chi connectivity index (χ1n) is 15.3. The van der Waals surface area contributed by atoms with E-state index in [2.05, 4.69) is 91.5 Å². The second-order valence-corrected chi connectivity index (χ2v) is 14.2. The molecule has 0 bridgehead atoms. The van der Waals surface area contributed by atoms with Crippen LogP contribution in [0.1, 0.15) is 55.2 Å². The van der Waals surface area contributed by atoms with Crippen LogP contribution in [-0.2, 0) is 19.7 Å². The first kappa shape index (κ1) is 33.3. The summed E-state index contributed by atoms with van der Waals surface area (Å²) in [6.45, 7) is 4.62. The largest absolute Gasteiger partial charge is 0.500 e. The summed E-state index contributed by atoms with van der Waals surface area (Å²) in [7, 11) is 5.81. The van der Waals surface area contributed by atoms with Gasteiger partial charge in [-0.15, -0.1) is 0 Å². The number of hydrogen-bond donors (Lipinski definition) is 0. The predicted octanol–water partition coefficient (Wildman–Crippen LogP) is 9.28. The Bertz CT molecular complexity index is 1350. The molecule has 44 heavy (non-hydrogen) atoms. The van der Waals surface area contributed by atoms with Crippen molar-refractivity contribution in [3.8, 4) is 11.5 Å². The van der Waals surface area contributed by atoms with Crippen LogP contribution >= 0.6 is 0 Å². The van der Waals surface area contributed by atoms with Gasteiger partial charge in [-0.1, -0.05) is 50.2 Å². The van der Waals surface area contributed by atoms with Crippen LogP contribution in [0.2, 0.25) is 6.04 Å². The second-order valence-electron chi connectivity index (χ2n) is 11.1. The zero-order valence-corrected chi connectivity index (χ0v) is 28.2. The van der Waals surface area contributed by atoms with E-state index < -0.39 is 8.80 Å². The van der Waals surface area contributed by atoms with Crippen LogP contribution in [-0.4, -0.2) is 44.4 Å². The Hall–Kier alpha value is -3.62. The van der Waals surface area contributed by atoms with Gasteiger partial charge in [0, 0.05) is 44.4 Å². The van der Waals surface area contributed by atoms with Gasteiger partial charge in [0.15, 0.2) is 0 Å². The summed E-state index contributed by atoms with van der Waals surface area (Å²) in [5.41, 5.74) is 7.22. The zero-order chi connectivity index (χ0) is 31.5. The topological polar surface area (TPSA) is 49.4 Å². The van der Waals surface area contributed by atoms with Crippen LogP contribution in [0.15, 0.2) is 97.1 Å². The quantitative estimate of drug-likeness (QED) is 0.117. The van der Waals surface area contributed by atoms with Crippen molar-refractivity contribution in [3.05, 3.63) is 114 Å². The summed E-state index contributed by atoms with van der Waals surface area (Å²) in [5, 5.41) is 0. The fourth-order valence-electron chi connectivity index (χ4n) is 5.77. The lowest BCUT2D eigenvalue weighted by Crippen LogP contribution is -2.43. The lowest BCUT2D eigenvalue weighted by molar-refractivity contribution is 0.123. The molecule has 0 aliphatic heterocycles. The summed E-state index contributed by atoms with van der Waals surface area (Å²) in [4.78, 5) is 2.26. The molecule has 4 aromatic carbocycles. The molecule has 0 saturated heterocycles. The number of rotatable bonds is 16. The number of aryl methyl sites for hydroxylation is 1. The molecule has 0 aromatic heterocycles. The van der Waals surface area contributed by atoms with Crippen molar-refractivity contribution < 1.29 is 22.8 Å². The van der Waals surface area contributed by atoms with Gasteiger partial charge in [-0.3, -0.25) is 0 Å². The lowest BCUT2D eigenvalue weighted by Gasteiger charge is -2.27. The van der Waals surface area contributed by atoms with E-state index >= 15 is 0 Å². The number of benzene rings is 4. The maximum Gasteiger partial charge on any atom is 0.500 e. The highest BCUT2D eigenvalue weighted by molar-refractivity contribution is 6.60. The van der Waals surface area contributed by atoms with Crippen molar-refractivity contribution in [2.75, 3.05) is 40.4 Å². The Morgan fingerprint density at radius 1 is 0.591 bits per heavy atom. The first-order valence-corrected chi connectivity index (χ1v) is 17.2. The Labute approximate surface area is 264 Å². The molecule has 0 aliphatic carbocycles. The molecule has 4 aromatic rings. The number of nitrogens with zero attached hydrogens (tertiary/aromatic N) is 1. The third-order valence-corrected chi connectivity index (χ3v) is 11.3. The van der Waals surface area contributed by atoms with Gasteiger partial charge in [-0.05, 0) is 108 Å². The highest BCUT2D eigenvalue weighted by atomic mass is 28.4. The van der Waals surface area contributed by atoms with Gasteiger partial charge < -0.3 is 27.7 Å². The minimum atomic E-state index is -2.57. The summed E-state index contributed by atoms with van der Waals surface area (Å²) in [5.74, 6) is 2.57. The summed E-state index contributed by atoms with van der Waals surface area (Å²) >= 11 is 0. The molecule has 0 spiro atoms. The predicted molar refractivity (Wildman–Crippen MR) is 182 cm³/mol. The van der Waals surface area contributed by atoms with Crippen molar-refractivity contribution in [3.63, 3.8) is 0 Å². The molecular formula is C37H47NO5Si. The van der Waals surface area contributed by atoms with Crippen LogP contribution in [0, 0.1) is 0 Å². The molecule has 4 rings (SSSR count). The first-order chi connectivity index (χ1) is 21.4. The van der Waals surface area contributed by atoms with Crippen molar-refractivity contribution >= 4 is 25.9 Å². The molecule has 234 valence electrons. The molecule has 0 heterocycles. The van der Waals surface area contributed by atoms with Gasteiger partial charge in [-0.2, -0.15) is 0 Å². The third kappa shape index (κ3) is 8.10. The van der Waals surface area contributed by atoms with Crippen LogP contribution in [0.3, 0.4) is 0 Å². The summed E-state index contributed by atoms with van der Waals surface area (Å²) in [6, 6.07) is 35.1. The van der Waals surface area contributed by atoms with Gasteiger partial charge in [-0.25, -0.2) is 0 Å². The minimum Gasteiger partial charge on any atom is -0.497 e. The molecule has 0 N–H and O–H groups in total. The third-order valence-electron chi connectivity index (χ3n) is 8.62. The Balaban J connectivity index is 1.48. The van der Waals surface area contributed by atoms with E-state index in [1.165, 1.54) is 16.7 Å². The fourth-order valence-corrected chi connectivity index (χ4v) is 7.48. The maximum absolute atomic E-state index is 5.58. The SMILES string of the molecule is CCC(CC(C)c1ccc(CC[Si](OC)(OC)OC)cc1)c1ccc(N(c2ccc(OC)cc2)c2ccc(OC)cc2)cc1. The minimum absolute atomic E-state index is 0.439. The molecule has 0 radical (unpaired) electrons. The molecular weight excluding hydrogens is 566 g/mol. The zero-order valence-electron chi connectivity index (χ0n) is 27.2. The van der Waals surface area contributed by atoms with Gasteiger partial charge in [0.2, 0.25) is 0 Å². The van der Waals surface area contributed by atoms with Gasteiger partial charge in [0.25, 0.3) is 0 Å². The Morgan fingerprint density at radius 2 is 1.02 bits per heavy atom. The number of hydrogen-bond acceptors (Lipinski definition) is 6. The van der Waals surface area contributed by atoms with E-state index in [1.54, 1.807) is 35.5 Å². The van der Waals surface area contributed by atoms with Gasteiger partial charge in [0.1, 0.15) is 11.5 Å². The standard InChI is InChI=1S/C37H47NO5Si/c1-8-30(27-28(2)31-11-9-29(10-12-31)25-26-44(41-5,42-6)43-7)32-13-15-33(16-14-32)38(34-17-21-36(39-3)22-18-34)35-19-23-37(40-4)24-20-35/h9-24,28,30H,8,25-27H2,1-7H3. The van der Waals surface area contributed by atoms with Crippen LogP contribution in [0.25, 0.3) is 0 Å². The van der Waals surface area contributed by atoms with Crippen LogP contribution in [0.4, 0.5) is 17.1 Å². The van der Waals surface area contributed by atoms with Crippen LogP contribution in [0.5, 0.6) is 11.5 Å². The van der Waals surface area contributed by atoms with Crippen molar-refractivity contribution in [2.45, 2.75) is 51.0 Å². The summed E-state index contributed by atoms with van der Waals surface area (Å²) in [6.07, 6.45) is 3.04. The highest BCUT2D eigenvalue weighted by Gasteiger charge is 2.37. The lowest BCUT2D eigenvalue weighted by atomic mass is 9.84. The maximum atomic E-state index is 5.58. The van der Waals surface area contributed by atoms with Gasteiger partial charge in [0.05, 0.1) is 14.2 Å². The molecule has 2 atom stereocenters. The van der Waals surface area contributed by atoms with E-state index in [1.807, 2.05) is 24.3 Å². The Kier molecular flexibility index (Phi) is 12.0. The number of anilines is 3. The molecule has 0 fully saturated rings. The molecule has 0 aliphatic rings. The average molecular weight is 614 g/mol. The van der Waals surface area contributed by atoms with E-state index in [9.17, 15) is 0 Å². The normalized spacial score (nSPS) is 12.9. The van der Waals surface area contributed by atoms with E-state index in [4.69, 9.17) is 22.8 Å². The van der Waals surface area contributed by atoms with Gasteiger partial charge >= 0.3 is 8.80 Å². The Morgan fingerprint density at radius 3 is 1.43 bits per heavy atom. The van der Waals surface area contributed by atoms with E-state index in [-0.39, 0.29) is 0 Å². The average Bonchev–Trinajstić information content (AvgIpc) is 3.09. The van der Waals surface area contributed by atoms with Crippen molar-refractivity contribution in [1.29, 1.82) is 0 Å². The highest BCUT2D eigenvalue weighted by Crippen LogP contribution is 2.38.